The summed E-state index contributed by atoms with van der Waals surface area (Å²) in [6.45, 7) is 9.17. The molecule has 16 heteroatoms. The average molecular weight is 881 g/mol. The molecular formula is C43H59Cl2N3O10S. The number of Topliss-reactive ketones (excluding diaryl/α,β-unsaturated/α-hetero) is 1. The van der Waals surface area contributed by atoms with Crippen molar-refractivity contribution in [3.05, 3.63) is 98.5 Å². The van der Waals surface area contributed by atoms with Crippen molar-refractivity contribution in [3.63, 3.8) is 0 Å². The molecule has 2 N–H and O–H groups in total. The summed E-state index contributed by atoms with van der Waals surface area (Å²) < 4.78 is 61.3. The maximum absolute atomic E-state index is 12.9. The molecule has 13 nitrogen and oxygen atoms in total. The summed E-state index contributed by atoms with van der Waals surface area (Å²) in [6, 6.07) is 17.2. The molecule has 3 aromatic carbocycles. The predicted octanol–water partition coefficient (Wildman–Crippen LogP) is 6.14. The Morgan fingerprint density at radius 1 is 0.712 bits per heavy atom. The van der Waals surface area contributed by atoms with Gasteiger partial charge >= 0.3 is 0 Å². The third-order valence-corrected chi connectivity index (χ3v) is 11.5. The van der Waals surface area contributed by atoms with Crippen LogP contribution < -0.4 is 10.0 Å². The Morgan fingerprint density at radius 2 is 1.25 bits per heavy atom. The van der Waals surface area contributed by atoms with E-state index in [2.05, 4.69) is 21.9 Å². The van der Waals surface area contributed by atoms with Crippen molar-refractivity contribution in [2.24, 2.45) is 0 Å². The maximum Gasteiger partial charge on any atom is 0.251 e. The van der Waals surface area contributed by atoms with Crippen LogP contribution in [0.2, 0.25) is 10.0 Å². The quantitative estimate of drug-likeness (QED) is 0.0587. The number of fused-ring (bicyclic) bond motifs is 1. The van der Waals surface area contributed by atoms with Gasteiger partial charge in [-0.1, -0.05) is 60.8 Å². The van der Waals surface area contributed by atoms with Gasteiger partial charge < -0.3 is 38.6 Å². The van der Waals surface area contributed by atoms with Crippen molar-refractivity contribution >= 4 is 44.9 Å². The van der Waals surface area contributed by atoms with E-state index in [4.69, 9.17) is 51.6 Å². The molecule has 0 saturated heterocycles. The van der Waals surface area contributed by atoms with Crippen molar-refractivity contribution in [2.75, 3.05) is 106 Å². The topological polar surface area (TPSA) is 151 Å². The number of rotatable bonds is 30. The number of unbranched alkanes of at least 4 members (excludes halogenated alkanes) is 1. The van der Waals surface area contributed by atoms with Crippen LogP contribution in [0.1, 0.15) is 75.9 Å². The zero-order valence-electron chi connectivity index (χ0n) is 34.2. The zero-order valence-corrected chi connectivity index (χ0v) is 36.5. The van der Waals surface area contributed by atoms with Crippen LogP contribution in [0.25, 0.3) is 0 Å². The van der Waals surface area contributed by atoms with E-state index in [1.807, 2.05) is 25.2 Å². The van der Waals surface area contributed by atoms with Crippen LogP contribution in [0.3, 0.4) is 0 Å². The number of hydrogen-bond acceptors (Lipinski definition) is 11. The van der Waals surface area contributed by atoms with E-state index >= 15 is 0 Å². The number of halogens is 2. The van der Waals surface area contributed by atoms with Crippen LogP contribution in [0.15, 0.2) is 65.6 Å². The van der Waals surface area contributed by atoms with E-state index in [0.29, 0.717) is 107 Å². The normalized spacial score (nSPS) is 14.3. The molecule has 4 rings (SSSR count). The number of nitrogens with zero attached hydrogens (tertiary/aromatic N) is 1. The summed E-state index contributed by atoms with van der Waals surface area (Å²) in [6.07, 6.45) is 3.13. The number of hydrogen-bond donors (Lipinski definition) is 2. The molecule has 1 atom stereocenters. The van der Waals surface area contributed by atoms with Crippen molar-refractivity contribution < 1.29 is 46.4 Å². The Bertz CT molecular complexity index is 1820. The summed E-state index contributed by atoms with van der Waals surface area (Å²) >= 11 is 12.8. The van der Waals surface area contributed by atoms with Crippen molar-refractivity contribution in [3.8, 4) is 0 Å². The first-order valence-corrected chi connectivity index (χ1v) is 22.5. The first-order valence-electron chi connectivity index (χ1n) is 20.2. The van der Waals surface area contributed by atoms with Crippen LogP contribution in [-0.2, 0) is 45.0 Å². The maximum atomic E-state index is 12.9. The summed E-state index contributed by atoms with van der Waals surface area (Å²) in [4.78, 5) is 27.4. The van der Waals surface area contributed by atoms with Gasteiger partial charge in [0.05, 0.1) is 71.0 Å². The number of benzene rings is 3. The Hall–Kier alpha value is -2.99. The fourth-order valence-electron chi connectivity index (χ4n) is 6.30. The summed E-state index contributed by atoms with van der Waals surface area (Å²) in [5, 5.41) is 4.01. The molecule has 0 radical (unpaired) electrons. The lowest BCUT2D eigenvalue weighted by molar-refractivity contribution is 0.0135. The second-order valence-corrected chi connectivity index (χ2v) is 16.7. The Kier molecular flexibility index (Phi) is 22.3. The minimum atomic E-state index is -3.72. The number of sulfonamides is 1. The number of ether oxygens (including phenoxy) is 6. The van der Waals surface area contributed by atoms with Crippen LogP contribution in [0.4, 0.5) is 0 Å². The summed E-state index contributed by atoms with van der Waals surface area (Å²) in [7, 11) is -1.69. The lowest BCUT2D eigenvalue weighted by atomic mass is 9.85. The van der Waals surface area contributed by atoms with Gasteiger partial charge in [-0.05, 0) is 73.0 Å². The first-order chi connectivity index (χ1) is 28.6. The van der Waals surface area contributed by atoms with Gasteiger partial charge in [-0.3, -0.25) is 9.59 Å². The van der Waals surface area contributed by atoms with Gasteiger partial charge in [-0.15, -0.1) is 0 Å². The molecule has 326 valence electrons. The smallest absolute Gasteiger partial charge is 0.251 e. The van der Waals surface area contributed by atoms with Gasteiger partial charge in [0.15, 0.2) is 5.78 Å². The lowest BCUT2D eigenvalue weighted by Crippen LogP contribution is -2.31. The largest absolute Gasteiger partial charge is 0.379 e. The number of carbonyl (C=O) groups is 2. The molecule has 0 spiro atoms. The highest BCUT2D eigenvalue weighted by Gasteiger charge is 2.27. The molecule has 3 aromatic rings. The number of amides is 1. The van der Waals surface area contributed by atoms with Gasteiger partial charge in [-0.2, -0.15) is 0 Å². The van der Waals surface area contributed by atoms with Crippen molar-refractivity contribution in [1.29, 1.82) is 0 Å². The van der Waals surface area contributed by atoms with Gasteiger partial charge in [0.1, 0.15) is 0 Å². The third-order valence-electron chi connectivity index (χ3n) is 9.45. The highest BCUT2D eigenvalue weighted by atomic mass is 35.5. The number of carbonyl (C=O) groups excluding carboxylic acids is 2. The second kappa shape index (κ2) is 27.1. The number of ketones is 1. The number of likely N-dealkylation sites (N-methyl/N-ethyl adjacent to an activating group) is 1. The standard InChI is InChI=1S/C43H59Cl2N3O10S/c1-3-4-17-53-21-25-57-26-22-54-18-5-6-42(49)34-7-9-35(10-8-34)43(50)46-15-19-55-23-27-58-28-24-56-20-16-47-59(51,52)37-13-11-33(12-14-37)39-31-48(2)32-40-38(39)29-36(44)30-41(40)45/h7-14,29-30,39,47H,3-6,15-28,31-32H2,1-2H3,(H,46,50)/t39-/m0/s1. The van der Waals surface area contributed by atoms with E-state index in [9.17, 15) is 18.0 Å². The van der Waals surface area contributed by atoms with Crippen molar-refractivity contribution in [2.45, 2.75) is 50.0 Å². The van der Waals surface area contributed by atoms with E-state index < -0.39 is 10.0 Å². The fraction of sp³-hybridized carbons (Fsp3) is 0.535. The second-order valence-electron chi connectivity index (χ2n) is 14.1. The molecule has 1 aliphatic heterocycles. The van der Waals surface area contributed by atoms with E-state index in [-0.39, 0.29) is 35.7 Å². The Morgan fingerprint density at radius 3 is 1.86 bits per heavy atom. The van der Waals surface area contributed by atoms with Crippen molar-refractivity contribution in [1.82, 2.24) is 14.9 Å². The highest BCUT2D eigenvalue weighted by molar-refractivity contribution is 7.89. The average Bonchev–Trinajstić information content (AvgIpc) is 3.23. The van der Waals surface area contributed by atoms with E-state index in [1.165, 1.54) is 0 Å². The van der Waals surface area contributed by atoms with Gasteiger partial charge in [0.25, 0.3) is 5.91 Å². The minimum absolute atomic E-state index is 0.00180. The van der Waals surface area contributed by atoms with Crippen LogP contribution >= 0.6 is 23.2 Å². The molecule has 1 aliphatic rings. The Labute approximate surface area is 359 Å². The fourth-order valence-corrected chi connectivity index (χ4v) is 7.88. The molecule has 0 aromatic heterocycles. The molecule has 0 bridgehead atoms. The first kappa shape index (κ1) is 48.7. The van der Waals surface area contributed by atoms with Gasteiger partial charge in [0, 0.05) is 72.9 Å². The molecule has 0 unspecified atom stereocenters. The van der Waals surface area contributed by atoms with Crippen LogP contribution in [0.5, 0.6) is 0 Å². The zero-order chi connectivity index (χ0) is 42.3. The van der Waals surface area contributed by atoms with E-state index in [1.54, 1.807) is 42.5 Å². The molecule has 59 heavy (non-hydrogen) atoms. The molecular weight excluding hydrogens is 821 g/mol. The van der Waals surface area contributed by atoms with E-state index in [0.717, 1.165) is 49.2 Å². The molecule has 0 aliphatic carbocycles. The Balaban J connectivity index is 0.973. The third kappa shape index (κ3) is 17.5. The summed E-state index contributed by atoms with van der Waals surface area (Å²) in [5.74, 6) is -0.241. The van der Waals surface area contributed by atoms with Crippen LogP contribution in [-0.4, -0.2) is 131 Å². The summed E-state index contributed by atoms with van der Waals surface area (Å²) in [5.41, 5.74) is 4.09. The van der Waals surface area contributed by atoms with Gasteiger partial charge in [-0.25, -0.2) is 13.1 Å². The molecule has 0 fully saturated rings. The molecule has 1 amide bonds. The highest BCUT2D eigenvalue weighted by Crippen LogP contribution is 2.38. The molecule has 1 heterocycles. The van der Waals surface area contributed by atoms with Crippen LogP contribution in [0, 0.1) is 0 Å². The SMILES string of the molecule is CCCCOCCOCCOCCCC(=O)c1ccc(C(=O)NCCOCCOCCOCCNS(=O)(=O)c2ccc([C@@H]3CN(C)Cc4c(Cl)cc(Cl)cc43)cc2)cc1. The van der Waals surface area contributed by atoms with Gasteiger partial charge in [0.2, 0.25) is 10.0 Å². The molecule has 0 saturated carbocycles. The number of nitrogens with one attached hydrogen (secondary N) is 2. The monoisotopic (exact) mass is 879 g/mol. The predicted molar refractivity (Wildman–Crippen MR) is 228 cm³/mol. The lowest BCUT2D eigenvalue weighted by Gasteiger charge is -2.33. The minimum Gasteiger partial charge on any atom is -0.379 e.